The summed E-state index contributed by atoms with van der Waals surface area (Å²) in [6, 6.07) is -2.54. The summed E-state index contributed by atoms with van der Waals surface area (Å²) in [5.74, 6) is -1.80. The van der Waals surface area contributed by atoms with Crippen LogP contribution in [0.25, 0.3) is 31.3 Å². The SMILES string of the molecule is CC(=O)OC1[C@@H](C)[C@H](O[C@H]2OC(CO)[C@@H](O)[C@H](C)C2N=[N+]=[N-])C(N=[N+]=[N-])C[C@H]1N=[N+]=[N-]. The molecule has 0 radical (unpaired) electrons. The van der Waals surface area contributed by atoms with Gasteiger partial charge in [0.25, 0.3) is 0 Å². The summed E-state index contributed by atoms with van der Waals surface area (Å²) in [5.41, 5.74) is 26.8. The smallest absolute Gasteiger partial charge is 0.302 e. The molecule has 1 heterocycles. The molecule has 4 unspecified atom stereocenters. The fraction of sp³-hybridized carbons (Fsp3) is 0.938. The maximum absolute atomic E-state index is 11.6. The molecule has 2 N–H and O–H groups in total. The third-order valence-corrected chi connectivity index (χ3v) is 5.68. The van der Waals surface area contributed by atoms with E-state index in [1.54, 1.807) is 13.8 Å². The fourth-order valence-corrected chi connectivity index (χ4v) is 4.11. The third-order valence-electron chi connectivity index (χ3n) is 5.68. The lowest BCUT2D eigenvalue weighted by Crippen LogP contribution is -2.58. The molecule has 0 bridgehead atoms. The van der Waals surface area contributed by atoms with Crippen molar-refractivity contribution in [2.45, 2.75) is 76.0 Å². The number of aliphatic hydroxyl groups is 2. The first-order chi connectivity index (χ1) is 14.8. The van der Waals surface area contributed by atoms with Gasteiger partial charge < -0.3 is 24.4 Å². The van der Waals surface area contributed by atoms with Crippen molar-refractivity contribution in [1.82, 2.24) is 0 Å². The highest BCUT2D eigenvalue weighted by Crippen LogP contribution is 2.37. The summed E-state index contributed by atoms with van der Waals surface area (Å²) in [6.07, 6.45) is -4.94. The molecular weight excluding hydrogens is 414 g/mol. The molecule has 1 aliphatic heterocycles. The molecule has 15 heteroatoms. The Hall–Kier alpha value is -2.76. The van der Waals surface area contributed by atoms with Crippen molar-refractivity contribution in [3.63, 3.8) is 0 Å². The highest BCUT2D eigenvalue weighted by atomic mass is 16.7. The average molecular weight is 439 g/mol. The first-order valence-corrected chi connectivity index (χ1v) is 9.68. The average Bonchev–Trinajstić information content (AvgIpc) is 2.72. The Morgan fingerprint density at radius 1 is 1.06 bits per heavy atom. The first-order valence-electron chi connectivity index (χ1n) is 9.68. The van der Waals surface area contributed by atoms with Gasteiger partial charge in [0.15, 0.2) is 6.29 Å². The zero-order valence-electron chi connectivity index (χ0n) is 17.2. The Labute approximate surface area is 177 Å². The standard InChI is InChI=1S/C16H25N9O6/c1-6-12(22-25-19)16(30-11(5-26)13(6)28)31-15-7(2)14(29-8(3)27)9(20-23-17)4-10(15)21-24-18/h6-7,9-16,26,28H,4-5H2,1-3H3/t6-,7-,9-,10?,11?,12?,13+,14?,15+,16-/m1/s1. The van der Waals surface area contributed by atoms with Crippen LogP contribution in [0.1, 0.15) is 27.2 Å². The molecule has 0 amide bonds. The number of aliphatic hydroxyl groups excluding tert-OH is 2. The lowest BCUT2D eigenvalue weighted by molar-refractivity contribution is -0.279. The van der Waals surface area contributed by atoms with Crippen LogP contribution in [0.4, 0.5) is 0 Å². The predicted octanol–water partition coefficient (Wildman–Crippen LogP) is 2.09. The Balaban J connectivity index is 2.39. The van der Waals surface area contributed by atoms with Gasteiger partial charge in [0.2, 0.25) is 0 Å². The number of rotatable bonds is 7. The van der Waals surface area contributed by atoms with E-state index >= 15 is 0 Å². The van der Waals surface area contributed by atoms with E-state index in [2.05, 4.69) is 30.1 Å². The van der Waals surface area contributed by atoms with E-state index in [-0.39, 0.29) is 6.42 Å². The van der Waals surface area contributed by atoms with Crippen LogP contribution in [-0.2, 0) is 19.0 Å². The second-order valence-electron chi connectivity index (χ2n) is 7.58. The molecular formula is C16H25N9O6. The normalized spacial score (nSPS) is 39.9. The van der Waals surface area contributed by atoms with Crippen molar-refractivity contribution in [2.24, 2.45) is 27.2 Å². The van der Waals surface area contributed by atoms with E-state index in [0.717, 1.165) is 0 Å². The number of esters is 1. The van der Waals surface area contributed by atoms with Crippen molar-refractivity contribution in [3.05, 3.63) is 31.3 Å². The number of hydrogen-bond donors (Lipinski definition) is 2. The molecule has 1 saturated heterocycles. The molecule has 31 heavy (non-hydrogen) atoms. The van der Waals surface area contributed by atoms with E-state index < -0.39 is 73.2 Å². The minimum Gasteiger partial charge on any atom is -0.462 e. The Bertz CT molecular complexity index is 794. The first kappa shape index (κ1) is 24.5. The van der Waals surface area contributed by atoms with Crippen LogP contribution in [0, 0.1) is 11.8 Å². The van der Waals surface area contributed by atoms with Crippen LogP contribution in [0.2, 0.25) is 0 Å². The van der Waals surface area contributed by atoms with Crippen molar-refractivity contribution in [3.8, 4) is 0 Å². The lowest BCUT2D eigenvalue weighted by atomic mass is 9.78. The zero-order chi connectivity index (χ0) is 23.1. The molecule has 2 rings (SSSR count). The van der Waals surface area contributed by atoms with Gasteiger partial charge in [0.05, 0.1) is 36.9 Å². The minimum atomic E-state index is -1.18. The fourth-order valence-electron chi connectivity index (χ4n) is 4.11. The molecule has 0 aromatic heterocycles. The quantitative estimate of drug-likeness (QED) is 0.260. The van der Waals surface area contributed by atoms with Crippen LogP contribution >= 0.6 is 0 Å². The summed E-state index contributed by atoms with van der Waals surface area (Å²) in [5, 5.41) is 30.9. The maximum atomic E-state index is 11.6. The number of azide groups is 3. The van der Waals surface area contributed by atoms with Crippen LogP contribution in [0.5, 0.6) is 0 Å². The number of carbonyl (C=O) groups excluding carboxylic acids is 1. The third kappa shape index (κ3) is 5.49. The van der Waals surface area contributed by atoms with E-state index in [1.165, 1.54) is 6.92 Å². The molecule has 15 nitrogen and oxygen atoms in total. The van der Waals surface area contributed by atoms with Gasteiger partial charge in [0.1, 0.15) is 12.2 Å². The topological polar surface area (TPSA) is 232 Å². The lowest BCUT2D eigenvalue weighted by Gasteiger charge is -2.47. The van der Waals surface area contributed by atoms with Crippen molar-refractivity contribution < 1.29 is 29.2 Å². The van der Waals surface area contributed by atoms with Crippen molar-refractivity contribution in [1.29, 1.82) is 0 Å². The minimum absolute atomic E-state index is 0.0432. The van der Waals surface area contributed by atoms with Gasteiger partial charge in [-0.15, -0.1) is 0 Å². The van der Waals surface area contributed by atoms with Gasteiger partial charge in [0, 0.05) is 27.6 Å². The number of ether oxygens (including phenoxy) is 3. The van der Waals surface area contributed by atoms with Crippen molar-refractivity contribution >= 4 is 5.97 Å². The summed E-state index contributed by atoms with van der Waals surface area (Å²) < 4.78 is 17.1. The summed E-state index contributed by atoms with van der Waals surface area (Å²) in [4.78, 5) is 20.0. The van der Waals surface area contributed by atoms with Gasteiger partial charge in [-0.2, -0.15) is 0 Å². The van der Waals surface area contributed by atoms with Crippen LogP contribution < -0.4 is 0 Å². The van der Waals surface area contributed by atoms with Crippen LogP contribution in [-0.4, -0.2) is 71.6 Å². The molecule has 2 aliphatic rings. The van der Waals surface area contributed by atoms with Gasteiger partial charge >= 0.3 is 5.97 Å². The van der Waals surface area contributed by atoms with Crippen LogP contribution in [0.3, 0.4) is 0 Å². The molecule has 0 aromatic carbocycles. The number of carbonyl (C=O) groups is 1. The molecule has 170 valence electrons. The second-order valence-corrected chi connectivity index (χ2v) is 7.58. The summed E-state index contributed by atoms with van der Waals surface area (Å²) in [6.45, 7) is 4.01. The summed E-state index contributed by atoms with van der Waals surface area (Å²) in [7, 11) is 0. The molecule has 0 spiro atoms. The van der Waals surface area contributed by atoms with Crippen LogP contribution in [0.15, 0.2) is 15.3 Å². The van der Waals surface area contributed by atoms with Gasteiger partial charge in [-0.3, -0.25) is 4.79 Å². The van der Waals surface area contributed by atoms with Gasteiger partial charge in [-0.1, -0.05) is 29.2 Å². The predicted molar refractivity (Wildman–Crippen MR) is 104 cm³/mol. The maximum Gasteiger partial charge on any atom is 0.302 e. The van der Waals surface area contributed by atoms with E-state index in [1.807, 2.05) is 0 Å². The number of nitrogens with zero attached hydrogens (tertiary/aromatic N) is 9. The monoisotopic (exact) mass is 439 g/mol. The van der Waals surface area contributed by atoms with E-state index in [0.29, 0.717) is 0 Å². The highest BCUT2D eigenvalue weighted by molar-refractivity contribution is 5.66. The Morgan fingerprint density at radius 2 is 1.65 bits per heavy atom. The number of hydrogen-bond acceptors (Lipinski definition) is 9. The molecule has 1 saturated carbocycles. The summed E-state index contributed by atoms with van der Waals surface area (Å²) >= 11 is 0. The molecule has 0 aromatic rings. The highest BCUT2D eigenvalue weighted by Gasteiger charge is 2.49. The second kappa shape index (κ2) is 11.0. The Kier molecular flexibility index (Phi) is 8.72. The zero-order valence-corrected chi connectivity index (χ0v) is 17.2. The molecule has 10 atom stereocenters. The largest absolute Gasteiger partial charge is 0.462 e. The van der Waals surface area contributed by atoms with E-state index in [4.69, 9.17) is 30.8 Å². The molecule has 1 aliphatic carbocycles. The molecule has 2 fully saturated rings. The van der Waals surface area contributed by atoms with E-state index in [9.17, 15) is 15.0 Å². The van der Waals surface area contributed by atoms with Gasteiger partial charge in [-0.05, 0) is 28.9 Å². The Morgan fingerprint density at radius 3 is 2.16 bits per heavy atom. The van der Waals surface area contributed by atoms with Crippen molar-refractivity contribution in [2.75, 3.05) is 6.61 Å². The van der Waals surface area contributed by atoms with Gasteiger partial charge in [-0.25, -0.2) is 0 Å².